The number of hydrogen-bond acceptors (Lipinski definition) is 6. The van der Waals surface area contributed by atoms with Gasteiger partial charge in [-0.3, -0.25) is 40.1 Å². The van der Waals surface area contributed by atoms with Gasteiger partial charge >= 0.3 is 0 Å². The normalized spacial score (nSPS) is 13.2. The molecule has 0 spiro atoms. The van der Waals surface area contributed by atoms with Crippen molar-refractivity contribution >= 4 is 45.8 Å². The average Bonchev–Trinajstić information content (AvgIpc) is 3.17. The first kappa shape index (κ1) is 24.0. The van der Waals surface area contributed by atoms with Crippen molar-refractivity contribution in [3.05, 3.63) is 108 Å². The Morgan fingerprint density at radius 2 is 1.62 bits per heavy atom. The lowest BCUT2D eigenvalue weighted by Gasteiger charge is -2.25. The van der Waals surface area contributed by atoms with Crippen LogP contribution in [0.25, 0.3) is 10.8 Å². The Bertz CT molecular complexity index is 1470. The Hall–Kier alpha value is -4.70. The van der Waals surface area contributed by atoms with Gasteiger partial charge in [0.2, 0.25) is 0 Å². The lowest BCUT2D eigenvalue weighted by Crippen LogP contribution is -2.53. The number of carbonyl (C=O) groups excluding carboxylic acids is 3. The van der Waals surface area contributed by atoms with Crippen LogP contribution in [-0.2, 0) is 6.42 Å². The van der Waals surface area contributed by atoms with Crippen molar-refractivity contribution in [1.29, 1.82) is 0 Å². The first-order valence-corrected chi connectivity index (χ1v) is 12.0. The third-order valence-electron chi connectivity index (χ3n) is 6.00. The van der Waals surface area contributed by atoms with Crippen LogP contribution in [0.2, 0.25) is 0 Å². The molecular formula is C27H22N6O3S. The maximum Gasteiger partial charge on any atom is 0.288 e. The molecule has 4 aromatic rings. The van der Waals surface area contributed by atoms with Crippen molar-refractivity contribution in [2.45, 2.75) is 12.5 Å². The summed E-state index contributed by atoms with van der Waals surface area (Å²) in [6.07, 6.45) is 5.38. The van der Waals surface area contributed by atoms with E-state index < -0.39 is 11.9 Å². The number of thiocarbonyl (C=S) groups is 1. The molecule has 5 rings (SSSR count). The van der Waals surface area contributed by atoms with Gasteiger partial charge in [0.25, 0.3) is 17.7 Å². The van der Waals surface area contributed by atoms with E-state index in [0.29, 0.717) is 22.9 Å². The average molecular weight is 511 g/mol. The molecule has 0 saturated carbocycles. The van der Waals surface area contributed by atoms with Gasteiger partial charge in [-0.2, -0.15) is 0 Å². The van der Waals surface area contributed by atoms with Crippen LogP contribution in [0.5, 0.6) is 0 Å². The second-order valence-electron chi connectivity index (χ2n) is 8.46. The van der Waals surface area contributed by atoms with Crippen LogP contribution in [0.4, 0.5) is 0 Å². The minimum atomic E-state index is -0.454. The second-order valence-corrected chi connectivity index (χ2v) is 8.87. The zero-order chi connectivity index (χ0) is 25.8. The van der Waals surface area contributed by atoms with Gasteiger partial charge < -0.3 is 5.32 Å². The van der Waals surface area contributed by atoms with Crippen LogP contribution in [-0.4, -0.2) is 50.3 Å². The molecule has 1 aliphatic rings. The highest BCUT2D eigenvalue weighted by atomic mass is 32.1. The number of carbonyl (C=O) groups is 3. The van der Waals surface area contributed by atoms with E-state index in [-0.39, 0.29) is 29.2 Å². The van der Waals surface area contributed by atoms with E-state index >= 15 is 0 Å². The largest absolute Gasteiger partial charge is 0.356 e. The van der Waals surface area contributed by atoms with Crippen molar-refractivity contribution in [1.82, 2.24) is 31.0 Å². The molecular weight excluding hydrogens is 488 g/mol. The molecule has 2 aromatic carbocycles. The number of pyridine rings is 2. The summed E-state index contributed by atoms with van der Waals surface area (Å²) in [6.45, 7) is 0.0713. The SMILES string of the molecule is O=C(NNC(=S)N[C@@H](Cc1cccnc1)CN1C(=O)c2ccccc2C1=O)c1nccc2ccccc12. The number of rotatable bonds is 6. The van der Waals surface area contributed by atoms with E-state index in [9.17, 15) is 14.4 Å². The molecule has 3 amide bonds. The summed E-state index contributed by atoms with van der Waals surface area (Å²) < 4.78 is 0. The monoisotopic (exact) mass is 510 g/mol. The maximum absolute atomic E-state index is 12.9. The standard InChI is InChI=1S/C27H22N6O3S/c34-24(23-20-8-2-1-7-18(20)11-13-29-23)31-32-27(37)30-19(14-17-6-5-12-28-15-17)16-33-25(35)21-9-3-4-10-22(21)26(33)36/h1-13,15,19H,14,16H2,(H,31,34)(H2,30,32,37)/t19-/m0/s1. The lowest BCUT2D eigenvalue weighted by atomic mass is 10.1. The Morgan fingerprint density at radius 3 is 2.35 bits per heavy atom. The van der Waals surface area contributed by atoms with E-state index in [1.165, 1.54) is 4.90 Å². The fourth-order valence-electron chi connectivity index (χ4n) is 4.28. The Kier molecular flexibility index (Phi) is 6.82. The number of amides is 3. The number of fused-ring (bicyclic) bond motifs is 2. The predicted molar refractivity (Wildman–Crippen MR) is 142 cm³/mol. The van der Waals surface area contributed by atoms with E-state index in [1.807, 2.05) is 42.5 Å². The van der Waals surface area contributed by atoms with E-state index in [2.05, 4.69) is 26.1 Å². The summed E-state index contributed by atoms with van der Waals surface area (Å²) >= 11 is 5.42. The molecule has 1 atom stereocenters. The first-order valence-electron chi connectivity index (χ1n) is 11.6. The van der Waals surface area contributed by atoms with Crippen LogP contribution >= 0.6 is 12.2 Å². The minimum absolute atomic E-state index is 0.0713. The van der Waals surface area contributed by atoms with Gasteiger partial charge in [-0.05, 0) is 53.9 Å². The van der Waals surface area contributed by atoms with Crippen molar-refractivity contribution in [2.24, 2.45) is 0 Å². The Morgan fingerprint density at radius 1 is 0.892 bits per heavy atom. The van der Waals surface area contributed by atoms with Crippen LogP contribution in [0.3, 0.4) is 0 Å². The van der Waals surface area contributed by atoms with Gasteiger partial charge in [0.15, 0.2) is 5.11 Å². The minimum Gasteiger partial charge on any atom is -0.356 e. The van der Waals surface area contributed by atoms with Gasteiger partial charge in [-0.25, -0.2) is 0 Å². The topological polar surface area (TPSA) is 116 Å². The van der Waals surface area contributed by atoms with Crippen molar-refractivity contribution in [3.63, 3.8) is 0 Å². The highest BCUT2D eigenvalue weighted by Gasteiger charge is 2.36. The number of nitrogens with one attached hydrogen (secondary N) is 3. The number of imide groups is 1. The first-order chi connectivity index (χ1) is 18.0. The maximum atomic E-state index is 12.9. The fourth-order valence-corrected chi connectivity index (χ4v) is 4.50. The second kappa shape index (κ2) is 10.5. The number of aromatic nitrogens is 2. The highest BCUT2D eigenvalue weighted by Crippen LogP contribution is 2.23. The smallest absolute Gasteiger partial charge is 0.288 e. The van der Waals surface area contributed by atoms with Gasteiger partial charge in [0.05, 0.1) is 17.2 Å². The van der Waals surface area contributed by atoms with Gasteiger partial charge in [0, 0.05) is 30.5 Å². The summed E-state index contributed by atoms with van der Waals surface area (Å²) in [5.74, 6) is -1.16. The zero-order valence-corrected chi connectivity index (χ0v) is 20.4. The van der Waals surface area contributed by atoms with Crippen molar-refractivity contribution in [2.75, 3.05) is 6.54 Å². The number of nitrogens with zero attached hydrogens (tertiary/aromatic N) is 3. The number of hydrazine groups is 1. The fraction of sp³-hybridized carbons (Fsp3) is 0.111. The summed E-state index contributed by atoms with van der Waals surface area (Å²) in [7, 11) is 0. The summed E-state index contributed by atoms with van der Waals surface area (Å²) in [6, 6.07) is 19.3. The third-order valence-corrected chi connectivity index (χ3v) is 6.22. The predicted octanol–water partition coefficient (Wildman–Crippen LogP) is 2.65. The molecule has 37 heavy (non-hydrogen) atoms. The van der Waals surface area contributed by atoms with Gasteiger partial charge in [-0.1, -0.05) is 42.5 Å². The van der Waals surface area contributed by atoms with E-state index in [4.69, 9.17) is 12.2 Å². The third kappa shape index (κ3) is 5.14. The zero-order valence-electron chi connectivity index (χ0n) is 19.5. The Labute approximate surface area is 217 Å². The molecule has 0 radical (unpaired) electrons. The summed E-state index contributed by atoms with van der Waals surface area (Å²) in [4.78, 5) is 48.2. The molecule has 3 heterocycles. The molecule has 3 N–H and O–H groups in total. The molecule has 0 aliphatic carbocycles. The van der Waals surface area contributed by atoms with Crippen molar-refractivity contribution < 1.29 is 14.4 Å². The van der Waals surface area contributed by atoms with Crippen LogP contribution in [0.15, 0.2) is 85.3 Å². The molecule has 1 aliphatic heterocycles. The van der Waals surface area contributed by atoms with Crippen LogP contribution in [0.1, 0.15) is 36.8 Å². The lowest BCUT2D eigenvalue weighted by molar-refractivity contribution is 0.0641. The molecule has 10 heteroatoms. The molecule has 0 saturated heterocycles. The van der Waals surface area contributed by atoms with Crippen molar-refractivity contribution in [3.8, 4) is 0 Å². The molecule has 0 bridgehead atoms. The Balaban J connectivity index is 1.28. The van der Waals surface area contributed by atoms with Gasteiger partial charge in [-0.15, -0.1) is 0 Å². The molecule has 0 unspecified atom stereocenters. The van der Waals surface area contributed by atoms with Crippen LogP contribution in [0, 0.1) is 0 Å². The quantitative estimate of drug-likeness (QED) is 0.206. The summed E-state index contributed by atoms with van der Waals surface area (Å²) in [5, 5.41) is 4.84. The number of hydrogen-bond donors (Lipinski definition) is 3. The summed E-state index contributed by atoms with van der Waals surface area (Å²) in [5.41, 5.74) is 7.18. The van der Waals surface area contributed by atoms with Gasteiger partial charge in [0.1, 0.15) is 5.69 Å². The molecule has 2 aromatic heterocycles. The van der Waals surface area contributed by atoms with Crippen LogP contribution < -0.4 is 16.2 Å². The van der Waals surface area contributed by atoms with E-state index in [0.717, 1.165) is 10.9 Å². The molecule has 0 fully saturated rings. The molecule has 184 valence electrons. The number of benzene rings is 2. The highest BCUT2D eigenvalue weighted by molar-refractivity contribution is 7.80. The molecule has 9 nitrogen and oxygen atoms in total. The van der Waals surface area contributed by atoms with E-state index in [1.54, 1.807) is 42.9 Å².